The van der Waals surface area contributed by atoms with Gasteiger partial charge in [0.25, 0.3) is 0 Å². The molecule has 0 fully saturated rings. The van der Waals surface area contributed by atoms with Crippen molar-refractivity contribution in [2.45, 2.75) is 11.2 Å². The number of pyridine rings is 1. The van der Waals surface area contributed by atoms with E-state index in [9.17, 15) is 18.0 Å². The van der Waals surface area contributed by atoms with Crippen molar-refractivity contribution in [3.05, 3.63) is 17.7 Å². The molecule has 0 aliphatic carbocycles. The van der Waals surface area contributed by atoms with Gasteiger partial charge in [-0.15, -0.1) is 0 Å². The van der Waals surface area contributed by atoms with E-state index >= 15 is 0 Å². The number of thioether (sulfide) groups is 1. The van der Waals surface area contributed by atoms with Crippen LogP contribution in [0.25, 0.3) is 0 Å². The molecule has 8 heteroatoms. The maximum atomic E-state index is 12.6. The van der Waals surface area contributed by atoms with Crippen LogP contribution in [0.2, 0.25) is 0 Å². The Labute approximate surface area is 106 Å². The van der Waals surface area contributed by atoms with E-state index in [1.165, 1.54) is 14.2 Å². The normalized spacial score (nSPS) is 11.2. The number of nitrogens with one attached hydrogen (secondary N) is 1. The summed E-state index contributed by atoms with van der Waals surface area (Å²) in [4.78, 5) is 14.8. The van der Waals surface area contributed by atoms with Gasteiger partial charge in [0.15, 0.2) is 0 Å². The van der Waals surface area contributed by atoms with Crippen molar-refractivity contribution in [3.63, 3.8) is 0 Å². The quantitative estimate of drug-likeness (QED) is 0.678. The zero-order valence-corrected chi connectivity index (χ0v) is 10.5. The number of carbonyl (C=O) groups excluding carboxylic acids is 1. The lowest BCUT2D eigenvalue weighted by molar-refractivity contribution is -0.138. The summed E-state index contributed by atoms with van der Waals surface area (Å²) in [6.45, 7) is 0. The van der Waals surface area contributed by atoms with Crippen LogP contribution in [0.4, 0.5) is 19.0 Å². The van der Waals surface area contributed by atoms with Crippen molar-refractivity contribution in [2.24, 2.45) is 0 Å². The maximum absolute atomic E-state index is 12.6. The van der Waals surface area contributed by atoms with E-state index in [-0.39, 0.29) is 16.6 Å². The predicted octanol–water partition coefficient (Wildman–Crippen LogP) is 2.41. The van der Waals surface area contributed by atoms with E-state index in [4.69, 9.17) is 0 Å². The third-order valence-electron chi connectivity index (χ3n) is 1.95. The molecular weight excluding hydrogens is 269 g/mol. The highest BCUT2D eigenvalue weighted by molar-refractivity contribution is 7.99. The Morgan fingerprint density at radius 1 is 1.50 bits per heavy atom. The Balaban J connectivity index is 2.94. The molecule has 0 radical (unpaired) electrons. The van der Waals surface area contributed by atoms with Crippen molar-refractivity contribution in [2.75, 3.05) is 25.2 Å². The summed E-state index contributed by atoms with van der Waals surface area (Å²) in [6, 6.07) is 1.80. The lowest BCUT2D eigenvalue weighted by atomic mass is 10.2. The molecule has 0 unspecified atom stereocenters. The molecule has 1 aromatic rings. The minimum absolute atomic E-state index is 0.0893. The monoisotopic (exact) mass is 280 g/mol. The maximum Gasteiger partial charge on any atom is 0.416 e. The van der Waals surface area contributed by atoms with Gasteiger partial charge in [0, 0.05) is 7.05 Å². The molecule has 0 saturated carbocycles. The van der Waals surface area contributed by atoms with Crippen molar-refractivity contribution in [1.82, 2.24) is 4.98 Å². The number of aromatic nitrogens is 1. The van der Waals surface area contributed by atoms with Gasteiger partial charge in [-0.2, -0.15) is 13.2 Å². The summed E-state index contributed by atoms with van der Waals surface area (Å²) in [7, 11) is 2.68. The standard InChI is InChI=1S/C10H11F3N2O2S/c1-14-7-3-6(10(11,12)13)4-8(15-7)18-5-9(16)17-2/h3-4H,5H2,1-2H3,(H,14,15). The number of ether oxygens (including phenoxy) is 1. The molecule has 1 N–H and O–H groups in total. The highest BCUT2D eigenvalue weighted by Crippen LogP contribution is 2.32. The van der Waals surface area contributed by atoms with Gasteiger partial charge < -0.3 is 10.1 Å². The van der Waals surface area contributed by atoms with Gasteiger partial charge in [0.05, 0.1) is 23.5 Å². The Kier molecular flexibility index (Phi) is 4.83. The summed E-state index contributed by atoms with van der Waals surface area (Å²) in [5.74, 6) is -0.518. The molecule has 100 valence electrons. The van der Waals surface area contributed by atoms with Gasteiger partial charge >= 0.3 is 12.1 Å². The smallest absolute Gasteiger partial charge is 0.416 e. The van der Waals surface area contributed by atoms with Crippen LogP contribution in [-0.2, 0) is 15.7 Å². The summed E-state index contributed by atoms with van der Waals surface area (Å²) in [5, 5.41) is 2.65. The first-order valence-corrected chi connectivity index (χ1v) is 5.82. The molecular formula is C10H11F3N2O2S. The Morgan fingerprint density at radius 2 is 2.17 bits per heavy atom. The van der Waals surface area contributed by atoms with Crippen LogP contribution in [0.3, 0.4) is 0 Å². The second kappa shape index (κ2) is 5.94. The highest BCUT2D eigenvalue weighted by atomic mass is 32.2. The van der Waals surface area contributed by atoms with Gasteiger partial charge in [-0.1, -0.05) is 11.8 Å². The summed E-state index contributed by atoms with van der Waals surface area (Å²) < 4.78 is 42.2. The SMILES string of the molecule is CNc1cc(C(F)(F)F)cc(SCC(=O)OC)n1. The zero-order chi connectivity index (χ0) is 13.8. The Bertz CT molecular complexity index is 438. The summed E-state index contributed by atoms with van der Waals surface area (Å²) in [5.41, 5.74) is -0.811. The number of methoxy groups -OCH3 is 1. The molecule has 0 aliphatic rings. The number of esters is 1. The fourth-order valence-electron chi connectivity index (χ4n) is 1.06. The third-order valence-corrected chi connectivity index (χ3v) is 2.84. The third kappa shape index (κ3) is 4.10. The van der Waals surface area contributed by atoms with Crippen molar-refractivity contribution in [3.8, 4) is 0 Å². The van der Waals surface area contributed by atoms with Gasteiger partial charge in [0.2, 0.25) is 0 Å². The van der Waals surface area contributed by atoms with Crippen LogP contribution in [0.1, 0.15) is 5.56 Å². The molecule has 1 aromatic heterocycles. The minimum atomic E-state index is -4.45. The number of carbonyl (C=O) groups is 1. The average Bonchev–Trinajstić information content (AvgIpc) is 2.34. The van der Waals surface area contributed by atoms with Gasteiger partial charge in [0.1, 0.15) is 5.82 Å². The summed E-state index contributed by atoms with van der Waals surface area (Å²) in [6.07, 6.45) is -4.45. The number of nitrogens with zero attached hydrogens (tertiary/aromatic N) is 1. The lowest BCUT2D eigenvalue weighted by Gasteiger charge is -2.10. The molecule has 4 nitrogen and oxygen atoms in total. The van der Waals surface area contributed by atoms with Gasteiger partial charge in [-0.3, -0.25) is 4.79 Å². The van der Waals surface area contributed by atoms with E-state index in [2.05, 4.69) is 15.0 Å². The summed E-state index contributed by atoms with van der Waals surface area (Å²) >= 11 is 0.887. The molecule has 0 amide bonds. The van der Waals surface area contributed by atoms with Crippen LogP contribution < -0.4 is 5.32 Å². The number of halogens is 3. The number of alkyl halides is 3. The van der Waals surface area contributed by atoms with Gasteiger partial charge in [-0.05, 0) is 12.1 Å². The van der Waals surface area contributed by atoms with Crippen LogP contribution in [0, 0.1) is 0 Å². The Hall–Kier alpha value is -1.44. The average molecular weight is 280 g/mol. The molecule has 0 bridgehead atoms. The molecule has 18 heavy (non-hydrogen) atoms. The number of hydrogen-bond acceptors (Lipinski definition) is 5. The molecule has 1 heterocycles. The first-order valence-electron chi connectivity index (χ1n) is 4.83. The van der Waals surface area contributed by atoms with Crippen LogP contribution in [0.5, 0.6) is 0 Å². The fraction of sp³-hybridized carbons (Fsp3) is 0.400. The lowest BCUT2D eigenvalue weighted by Crippen LogP contribution is -2.08. The topological polar surface area (TPSA) is 51.2 Å². The molecule has 0 aliphatic heterocycles. The van der Waals surface area contributed by atoms with E-state index in [0.29, 0.717) is 0 Å². The second-order valence-electron chi connectivity index (χ2n) is 3.19. The van der Waals surface area contributed by atoms with E-state index < -0.39 is 17.7 Å². The number of anilines is 1. The van der Waals surface area contributed by atoms with Gasteiger partial charge in [-0.25, -0.2) is 4.98 Å². The van der Waals surface area contributed by atoms with E-state index in [0.717, 1.165) is 23.9 Å². The predicted molar refractivity (Wildman–Crippen MR) is 61.5 cm³/mol. The highest BCUT2D eigenvalue weighted by Gasteiger charge is 2.31. The Morgan fingerprint density at radius 3 is 2.67 bits per heavy atom. The van der Waals surface area contributed by atoms with Crippen molar-refractivity contribution >= 4 is 23.5 Å². The van der Waals surface area contributed by atoms with E-state index in [1.54, 1.807) is 0 Å². The molecule has 0 aromatic carbocycles. The molecule has 0 atom stereocenters. The van der Waals surface area contributed by atoms with Crippen molar-refractivity contribution < 1.29 is 22.7 Å². The van der Waals surface area contributed by atoms with E-state index in [1.807, 2.05) is 0 Å². The van der Waals surface area contributed by atoms with Crippen LogP contribution in [0.15, 0.2) is 17.2 Å². The van der Waals surface area contributed by atoms with Crippen LogP contribution in [-0.4, -0.2) is 30.9 Å². The first-order chi connectivity index (χ1) is 8.36. The fourth-order valence-corrected chi connectivity index (χ4v) is 1.82. The second-order valence-corrected chi connectivity index (χ2v) is 4.19. The zero-order valence-electron chi connectivity index (χ0n) is 9.67. The minimum Gasteiger partial charge on any atom is -0.468 e. The van der Waals surface area contributed by atoms with Crippen LogP contribution >= 0.6 is 11.8 Å². The largest absolute Gasteiger partial charge is 0.468 e. The number of rotatable bonds is 4. The molecule has 0 saturated heterocycles. The molecule has 0 spiro atoms. The number of hydrogen-bond donors (Lipinski definition) is 1. The molecule has 1 rings (SSSR count). The first kappa shape index (κ1) is 14.6. The van der Waals surface area contributed by atoms with Crippen molar-refractivity contribution in [1.29, 1.82) is 0 Å².